The molecule has 0 N–H and O–H groups in total. The molecule has 1 nitrogen and oxygen atoms in total. The van der Waals surface area contributed by atoms with Crippen molar-refractivity contribution in [3.8, 4) is 0 Å². The zero-order valence-corrected chi connectivity index (χ0v) is 15.5. The third-order valence-corrected chi connectivity index (χ3v) is 4.12. The van der Waals surface area contributed by atoms with Gasteiger partial charge in [-0.25, -0.2) is 4.57 Å². The van der Waals surface area contributed by atoms with E-state index in [-0.39, 0.29) is 17.0 Å². The van der Waals surface area contributed by atoms with Crippen LogP contribution in [-0.2, 0) is 19.4 Å². The number of benzene rings is 1. The predicted octanol–water partition coefficient (Wildman–Crippen LogP) is 1.65. The summed E-state index contributed by atoms with van der Waals surface area (Å²) in [7, 11) is 0. The molecule has 1 aromatic heterocycles. The maximum Gasteiger partial charge on any atom is 0.178 e. The van der Waals surface area contributed by atoms with Gasteiger partial charge in [-0.2, -0.15) is 0 Å². The number of aryl methyl sites for hydroxylation is 4. The Hall–Kier alpha value is -1.15. The Labute approximate surface area is 146 Å². The van der Waals surface area contributed by atoms with Gasteiger partial charge in [0.2, 0.25) is 0 Å². The molecule has 22 heavy (non-hydrogen) atoms. The van der Waals surface area contributed by atoms with E-state index in [9.17, 15) is 0 Å². The summed E-state index contributed by atoms with van der Waals surface area (Å²) in [5.41, 5.74) is 4.30. The first kappa shape index (κ1) is 18.9. The van der Waals surface area contributed by atoms with Crippen molar-refractivity contribution < 1.29 is 21.5 Å². The molecule has 0 saturated heterocycles. The zero-order valence-electron chi connectivity index (χ0n) is 13.9. The van der Waals surface area contributed by atoms with Crippen LogP contribution in [0.4, 0.5) is 0 Å². The standard InChI is InChI=1S/C20H28N.BrH/c1-3-4-10-19-12-14-20(15-13-19)11-6-8-17-21-16-7-5-9-18(21)2;/h5,7,9,12-16H,3-4,6,8,10-11,17H2,1-2H3;1H/q+1;/p-1. The third kappa shape index (κ3) is 6.31. The number of nitrogens with zero attached hydrogens (tertiary/aromatic N) is 1. The molecule has 0 unspecified atom stereocenters. The Morgan fingerprint density at radius 3 is 2.05 bits per heavy atom. The Morgan fingerprint density at radius 2 is 1.45 bits per heavy atom. The van der Waals surface area contributed by atoms with Crippen LogP contribution in [0.3, 0.4) is 0 Å². The Kier molecular flexibility index (Phi) is 9.07. The second-order valence-electron chi connectivity index (χ2n) is 5.91. The van der Waals surface area contributed by atoms with Gasteiger partial charge in [-0.15, -0.1) is 0 Å². The molecule has 120 valence electrons. The van der Waals surface area contributed by atoms with Crippen LogP contribution >= 0.6 is 0 Å². The van der Waals surface area contributed by atoms with Gasteiger partial charge in [0.15, 0.2) is 11.9 Å². The van der Waals surface area contributed by atoms with E-state index in [0.29, 0.717) is 0 Å². The second-order valence-corrected chi connectivity index (χ2v) is 5.91. The molecular formula is C20H28BrN. The van der Waals surface area contributed by atoms with Gasteiger partial charge >= 0.3 is 0 Å². The van der Waals surface area contributed by atoms with E-state index >= 15 is 0 Å². The lowest BCUT2D eigenvalue weighted by Gasteiger charge is -2.04. The highest BCUT2D eigenvalue weighted by molar-refractivity contribution is 5.22. The van der Waals surface area contributed by atoms with Crippen LogP contribution in [0.5, 0.6) is 0 Å². The maximum atomic E-state index is 2.34. The summed E-state index contributed by atoms with van der Waals surface area (Å²) in [5, 5.41) is 0. The molecule has 0 bridgehead atoms. The molecule has 0 saturated carbocycles. The summed E-state index contributed by atoms with van der Waals surface area (Å²) < 4.78 is 2.34. The average molecular weight is 362 g/mol. The molecule has 1 heterocycles. The molecule has 2 rings (SSSR count). The molecule has 0 amide bonds. The monoisotopic (exact) mass is 361 g/mol. The Morgan fingerprint density at radius 1 is 0.818 bits per heavy atom. The molecule has 0 atom stereocenters. The van der Waals surface area contributed by atoms with E-state index in [4.69, 9.17) is 0 Å². The van der Waals surface area contributed by atoms with E-state index in [2.05, 4.69) is 67.1 Å². The topological polar surface area (TPSA) is 3.88 Å². The smallest absolute Gasteiger partial charge is 0.178 e. The average Bonchev–Trinajstić information content (AvgIpc) is 2.52. The van der Waals surface area contributed by atoms with Crippen LogP contribution in [-0.4, -0.2) is 0 Å². The quantitative estimate of drug-likeness (QED) is 0.497. The van der Waals surface area contributed by atoms with Gasteiger partial charge in [-0.3, -0.25) is 0 Å². The minimum atomic E-state index is 0. The highest BCUT2D eigenvalue weighted by Crippen LogP contribution is 2.10. The minimum absolute atomic E-state index is 0. The van der Waals surface area contributed by atoms with E-state index in [1.807, 2.05) is 0 Å². The molecule has 0 aliphatic heterocycles. The summed E-state index contributed by atoms with van der Waals surface area (Å²) in [6, 6.07) is 15.6. The number of halogens is 1. The molecule has 2 aromatic rings. The van der Waals surface area contributed by atoms with Crippen molar-refractivity contribution in [1.29, 1.82) is 0 Å². The van der Waals surface area contributed by atoms with Crippen molar-refractivity contribution in [2.75, 3.05) is 0 Å². The van der Waals surface area contributed by atoms with Gasteiger partial charge in [0.05, 0.1) is 0 Å². The highest BCUT2D eigenvalue weighted by Gasteiger charge is 2.03. The Bertz CT molecular complexity index is 534. The van der Waals surface area contributed by atoms with Crippen LogP contribution in [0.2, 0.25) is 0 Å². The third-order valence-electron chi connectivity index (χ3n) is 4.12. The summed E-state index contributed by atoms with van der Waals surface area (Å²) in [6.45, 7) is 5.55. The van der Waals surface area contributed by atoms with Gasteiger partial charge in [0, 0.05) is 25.5 Å². The molecule has 0 radical (unpaired) electrons. The van der Waals surface area contributed by atoms with E-state index in [1.165, 1.54) is 55.3 Å². The SMILES string of the molecule is CCCCc1ccc(CCCC[n+]2ccccc2C)cc1.[Br-]. The summed E-state index contributed by atoms with van der Waals surface area (Å²) >= 11 is 0. The van der Waals surface area contributed by atoms with Crippen LogP contribution in [0.1, 0.15) is 49.4 Å². The van der Waals surface area contributed by atoms with Crippen molar-refractivity contribution in [3.63, 3.8) is 0 Å². The molecule has 0 aliphatic carbocycles. The number of aromatic nitrogens is 1. The normalized spacial score (nSPS) is 10.3. The number of hydrogen-bond donors (Lipinski definition) is 0. The van der Waals surface area contributed by atoms with Crippen molar-refractivity contribution in [2.24, 2.45) is 0 Å². The first-order valence-corrected chi connectivity index (χ1v) is 8.32. The highest BCUT2D eigenvalue weighted by atomic mass is 79.9. The van der Waals surface area contributed by atoms with Gasteiger partial charge < -0.3 is 17.0 Å². The van der Waals surface area contributed by atoms with Crippen LogP contribution in [0, 0.1) is 6.92 Å². The van der Waals surface area contributed by atoms with Gasteiger partial charge in [-0.05, 0) is 36.8 Å². The fourth-order valence-corrected chi connectivity index (χ4v) is 2.68. The predicted molar refractivity (Wildman–Crippen MR) is 89.4 cm³/mol. The van der Waals surface area contributed by atoms with E-state index < -0.39 is 0 Å². The summed E-state index contributed by atoms with van der Waals surface area (Å²) in [6.07, 6.45) is 9.67. The van der Waals surface area contributed by atoms with Crippen LogP contribution in [0.25, 0.3) is 0 Å². The summed E-state index contributed by atoms with van der Waals surface area (Å²) in [4.78, 5) is 0. The lowest BCUT2D eigenvalue weighted by atomic mass is 10.0. The largest absolute Gasteiger partial charge is 1.00 e. The summed E-state index contributed by atoms with van der Waals surface area (Å²) in [5.74, 6) is 0. The van der Waals surface area contributed by atoms with Crippen molar-refractivity contribution in [3.05, 3.63) is 65.5 Å². The zero-order chi connectivity index (χ0) is 14.9. The first-order valence-electron chi connectivity index (χ1n) is 8.32. The van der Waals surface area contributed by atoms with Gasteiger partial charge in [-0.1, -0.05) is 43.7 Å². The van der Waals surface area contributed by atoms with Gasteiger partial charge in [0.25, 0.3) is 0 Å². The molecule has 0 aliphatic rings. The molecular weight excluding hydrogens is 334 g/mol. The fourth-order valence-electron chi connectivity index (χ4n) is 2.68. The van der Waals surface area contributed by atoms with Gasteiger partial charge in [0.1, 0.15) is 6.54 Å². The van der Waals surface area contributed by atoms with Crippen molar-refractivity contribution in [2.45, 2.75) is 58.9 Å². The molecule has 2 heteroatoms. The van der Waals surface area contributed by atoms with E-state index in [1.54, 1.807) is 0 Å². The lowest BCUT2D eigenvalue weighted by Crippen LogP contribution is -3.00. The number of hydrogen-bond acceptors (Lipinski definition) is 0. The van der Waals surface area contributed by atoms with Crippen molar-refractivity contribution >= 4 is 0 Å². The number of rotatable bonds is 8. The first-order chi connectivity index (χ1) is 10.3. The van der Waals surface area contributed by atoms with Crippen LogP contribution < -0.4 is 21.5 Å². The van der Waals surface area contributed by atoms with Crippen molar-refractivity contribution in [1.82, 2.24) is 0 Å². The van der Waals surface area contributed by atoms with Crippen LogP contribution in [0.15, 0.2) is 48.7 Å². The van der Waals surface area contributed by atoms with E-state index in [0.717, 1.165) is 6.54 Å². The number of unbranched alkanes of at least 4 members (excludes halogenated alkanes) is 2. The molecule has 0 fully saturated rings. The number of pyridine rings is 1. The Balaban J connectivity index is 0.00000242. The lowest BCUT2D eigenvalue weighted by molar-refractivity contribution is -0.703. The minimum Gasteiger partial charge on any atom is -1.00 e. The molecule has 0 spiro atoms. The molecule has 1 aromatic carbocycles. The fraction of sp³-hybridized carbons (Fsp3) is 0.450. The maximum absolute atomic E-state index is 2.34. The second kappa shape index (κ2) is 10.6.